The highest BCUT2D eigenvalue weighted by Crippen LogP contribution is 2.41. The Morgan fingerprint density at radius 2 is 2.12 bits per heavy atom. The molecule has 2 aromatic heterocycles. The van der Waals surface area contributed by atoms with Crippen LogP contribution in [0, 0.1) is 0 Å². The van der Waals surface area contributed by atoms with Gasteiger partial charge < -0.3 is 20.1 Å². The molecule has 1 aliphatic heterocycles. The third-order valence-corrected chi connectivity index (χ3v) is 5.42. The minimum absolute atomic E-state index is 0.360. The smallest absolute Gasteiger partial charge is 0.251 e. The Bertz CT molecular complexity index is 966. The fourth-order valence-corrected chi connectivity index (χ4v) is 4.20. The molecule has 1 fully saturated rings. The minimum Gasteiger partial charge on any atom is -0.494 e. The van der Waals surface area contributed by atoms with Gasteiger partial charge in [-0.05, 0) is 24.3 Å². The van der Waals surface area contributed by atoms with E-state index in [0.29, 0.717) is 35.2 Å². The number of pyridine rings is 1. The predicted molar refractivity (Wildman–Crippen MR) is 101 cm³/mol. The Morgan fingerprint density at radius 1 is 1.31 bits per heavy atom. The molecule has 1 aliphatic rings. The first-order valence-electron chi connectivity index (χ1n) is 8.24. The van der Waals surface area contributed by atoms with E-state index >= 15 is 0 Å². The van der Waals surface area contributed by atoms with Crippen LogP contribution in [0.4, 0.5) is 5.69 Å². The number of ether oxygens (including phenoxy) is 2. The number of nitrogens with zero attached hydrogens (tertiary/aromatic N) is 3. The van der Waals surface area contributed by atoms with Crippen molar-refractivity contribution >= 4 is 33.1 Å². The summed E-state index contributed by atoms with van der Waals surface area (Å²) in [5.41, 5.74) is 8.21. The molecule has 0 atom stereocenters. The standard InChI is InChI=1S/C18H18N4O3S/c1-24-13-5-4-12(22-7-9-25-10-8-22)16-15(13)21-18(26-16)14-11(17(19)23)3-2-6-20-14/h2-6H,7-10H2,1H3,(H2,19,23). The highest BCUT2D eigenvalue weighted by Gasteiger charge is 2.21. The number of anilines is 1. The number of fused-ring (bicyclic) bond motifs is 1. The second kappa shape index (κ2) is 6.89. The van der Waals surface area contributed by atoms with Crippen molar-refractivity contribution in [3.05, 3.63) is 36.0 Å². The molecule has 0 radical (unpaired) electrons. The SMILES string of the molecule is COc1ccc(N2CCOCC2)c2sc(-c3ncccc3C(N)=O)nc12. The van der Waals surface area contributed by atoms with E-state index in [1.807, 2.05) is 12.1 Å². The monoisotopic (exact) mass is 370 g/mol. The van der Waals surface area contributed by atoms with Crippen LogP contribution in [0.25, 0.3) is 20.9 Å². The molecule has 0 bridgehead atoms. The highest BCUT2D eigenvalue weighted by molar-refractivity contribution is 7.22. The van der Waals surface area contributed by atoms with E-state index < -0.39 is 5.91 Å². The summed E-state index contributed by atoms with van der Waals surface area (Å²) in [6.45, 7) is 3.05. The van der Waals surface area contributed by atoms with Gasteiger partial charge in [-0.25, -0.2) is 4.98 Å². The zero-order valence-electron chi connectivity index (χ0n) is 14.3. The Balaban J connectivity index is 1.89. The van der Waals surface area contributed by atoms with Gasteiger partial charge in [-0.15, -0.1) is 11.3 Å². The molecule has 4 rings (SSSR count). The Hall–Kier alpha value is -2.71. The molecule has 26 heavy (non-hydrogen) atoms. The van der Waals surface area contributed by atoms with E-state index in [4.69, 9.17) is 20.2 Å². The summed E-state index contributed by atoms with van der Waals surface area (Å²) in [7, 11) is 1.62. The van der Waals surface area contributed by atoms with E-state index in [0.717, 1.165) is 29.0 Å². The zero-order chi connectivity index (χ0) is 18.1. The molecule has 7 nitrogen and oxygen atoms in total. The number of benzene rings is 1. The predicted octanol–water partition coefficient (Wildman–Crippen LogP) is 2.30. The summed E-state index contributed by atoms with van der Waals surface area (Å²) in [5.74, 6) is 0.170. The second-order valence-corrected chi connectivity index (χ2v) is 6.85. The van der Waals surface area contributed by atoms with Crippen LogP contribution in [0.5, 0.6) is 5.75 Å². The van der Waals surface area contributed by atoms with Crippen LogP contribution < -0.4 is 15.4 Å². The average molecular weight is 370 g/mol. The quantitative estimate of drug-likeness (QED) is 0.758. The number of thiazole rings is 1. The summed E-state index contributed by atoms with van der Waals surface area (Å²) >= 11 is 1.49. The van der Waals surface area contributed by atoms with Gasteiger partial charge in [0.15, 0.2) is 0 Å². The number of carbonyl (C=O) groups excluding carboxylic acids is 1. The van der Waals surface area contributed by atoms with Gasteiger partial charge in [0.25, 0.3) is 5.91 Å². The van der Waals surface area contributed by atoms with Crippen molar-refractivity contribution in [2.45, 2.75) is 0 Å². The van der Waals surface area contributed by atoms with E-state index in [-0.39, 0.29) is 0 Å². The summed E-state index contributed by atoms with van der Waals surface area (Å²) < 4.78 is 11.9. The molecular weight excluding hydrogens is 352 g/mol. The molecule has 134 valence electrons. The summed E-state index contributed by atoms with van der Waals surface area (Å²) in [4.78, 5) is 23.1. The molecule has 3 aromatic rings. The van der Waals surface area contributed by atoms with Crippen LogP contribution in [0.1, 0.15) is 10.4 Å². The van der Waals surface area contributed by atoms with Crippen molar-refractivity contribution in [2.75, 3.05) is 38.3 Å². The van der Waals surface area contributed by atoms with Crippen molar-refractivity contribution in [3.63, 3.8) is 0 Å². The first kappa shape index (κ1) is 16.7. The van der Waals surface area contributed by atoms with E-state index in [2.05, 4.69) is 9.88 Å². The van der Waals surface area contributed by atoms with Crippen LogP contribution in [0.2, 0.25) is 0 Å². The van der Waals surface area contributed by atoms with Crippen molar-refractivity contribution in [1.29, 1.82) is 0 Å². The molecule has 2 N–H and O–H groups in total. The first-order valence-corrected chi connectivity index (χ1v) is 9.06. The number of methoxy groups -OCH3 is 1. The molecule has 8 heteroatoms. The van der Waals surface area contributed by atoms with Crippen LogP contribution in [-0.2, 0) is 4.74 Å². The number of carbonyl (C=O) groups is 1. The van der Waals surface area contributed by atoms with Gasteiger partial charge in [-0.1, -0.05) is 0 Å². The number of nitrogens with two attached hydrogens (primary N) is 1. The molecule has 1 amide bonds. The van der Waals surface area contributed by atoms with Gasteiger partial charge in [0.1, 0.15) is 22.0 Å². The van der Waals surface area contributed by atoms with Gasteiger partial charge in [0.05, 0.1) is 36.3 Å². The molecule has 1 saturated heterocycles. The van der Waals surface area contributed by atoms with Gasteiger partial charge in [0.2, 0.25) is 0 Å². The van der Waals surface area contributed by atoms with Gasteiger partial charge in [-0.3, -0.25) is 9.78 Å². The third kappa shape index (κ3) is 2.87. The average Bonchev–Trinajstić information content (AvgIpc) is 3.13. The van der Waals surface area contributed by atoms with Gasteiger partial charge >= 0.3 is 0 Å². The number of rotatable bonds is 4. The molecule has 0 unspecified atom stereocenters. The topological polar surface area (TPSA) is 90.6 Å². The van der Waals surface area contributed by atoms with E-state index in [1.165, 1.54) is 11.3 Å². The van der Waals surface area contributed by atoms with E-state index in [1.54, 1.807) is 25.4 Å². The summed E-state index contributed by atoms with van der Waals surface area (Å²) in [6.07, 6.45) is 1.63. The third-order valence-electron chi connectivity index (χ3n) is 4.33. The molecule has 3 heterocycles. The maximum atomic E-state index is 11.8. The lowest BCUT2D eigenvalue weighted by molar-refractivity contribution is 0.100. The number of hydrogen-bond donors (Lipinski definition) is 1. The number of primary amides is 1. The van der Waals surface area contributed by atoms with Crippen molar-refractivity contribution in [1.82, 2.24) is 9.97 Å². The van der Waals surface area contributed by atoms with Gasteiger partial charge in [0, 0.05) is 19.3 Å². The molecule has 0 saturated carbocycles. The molecular formula is C18H18N4O3S. The summed E-state index contributed by atoms with van der Waals surface area (Å²) in [5, 5.41) is 0.647. The second-order valence-electron chi connectivity index (χ2n) is 5.85. The maximum absolute atomic E-state index is 11.8. The lowest BCUT2D eigenvalue weighted by atomic mass is 10.2. The van der Waals surface area contributed by atoms with Crippen molar-refractivity contribution < 1.29 is 14.3 Å². The van der Waals surface area contributed by atoms with Crippen LogP contribution in [0.3, 0.4) is 0 Å². The fraction of sp³-hybridized carbons (Fsp3) is 0.278. The van der Waals surface area contributed by atoms with Gasteiger partial charge in [-0.2, -0.15) is 0 Å². The first-order chi connectivity index (χ1) is 12.7. The largest absolute Gasteiger partial charge is 0.494 e. The normalized spacial score (nSPS) is 14.6. The summed E-state index contributed by atoms with van der Waals surface area (Å²) in [6, 6.07) is 7.32. The number of aromatic nitrogens is 2. The Kier molecular flexibility index (Phi) is 4.44. The Labute approximate surface area is 154 Å². The van der Waals surface area contributed by atoms with Crippen molar-refractivity contribution in [3.8, 4) is 16.5 Å². The molecule has 1 aromatic carbocycles. The maximum Gasteiger partial charge on any atom is 0.251 e. The number of amides is 1. The van der Waals surface area contributed by atoms with Crippen LogP contribution in [0.15, 0.2) is 30.5 Å². The fourth-order valence-electron chi connectivity index (χ4n) is 3.06. The number of morpholine rings is 1. The van der Waals surface area contributed by atoms with Crippen LogP contribution >= 0.6 is 11.3 Å². The van der Waals surface area contributed by atoms with E-state index in [9.17, 15) is 4.79 Å². The lowest BCUT2D eigenvalue weighted by Gasteiger charge is -2.29. The Morgan fingerprint density at radius 3 is 2.85 bits per heavy atom. The highest BCUT2D eigenvalue weighted by atomic mass is 32.1. The number of hydrogen-bond acceptors (Lipinski definition) is 7. The van der Waals surface area contributed by atoms with Crippen LogP contribution in [-0.4, -0.2) is 49.3 Å². The minimum atomic E-state index is -0.521. The molecule has 0 spiro atoms. The van der Waals surface area contributed by atoms with Crippen molar-refractivity contribution in [2.24, 2.45) is 5.73 Å². The molecule has 0 aliphatic carbocycles. The lowest BCUT2D eigenvalue weighted by Crippen LogP contribution is -2.36. The zero-order valence-corrected chi connectivity index (χ0v) is 15.1.